The first-order chi connectivity index (χ1) is 8.95. The molecule has 5 nitrogen and oxygen atoms in total. The number of thioether (sulfide) groups is 1. The number of hydrogen-bond acceptors (Lipinski definition) is 4. The molecule has 1 saturated heterocycles. The Morgan fingerprint density at radius 1 is 1.58 bits per heavy atom. The van der Waals surface area contributed by atoms with Crippen LogP contribution in [0.2, 0.25) is 0 Å². The molecule has 0 amide bonds. The van der Waals surface area contributed by atoms with Crippen molar-refractivity contribution in [2.45, 2.75) is 31.2 Å². The van der Waals surface area contributed by atoms with E-state index in [0.717, 1.165) is 18.0 Å². The Morgan fingerprint density at radius 3 is 2.89 bits per heavy atom. The van der Waals surface area contributed by atoms with Crippen molar-refractivity contribution in [1.29, 1.82) is 0 Å². The van der Waals surface area contributed by atoms with Crippen LogP contribution in [0, 0.1) is 5.92 Å². The number of rotatable bonds is 5. The van der Waals surface area contributed by atoms with Crippen molar-refractivity contribution >= 4 is 21.8 Å². The SMILES string of the molecule is CSC[C@H]1CCN(S(=O)(=O)c2cnc(C(C)C)[nH]2)C1. The first-order valence-corrected chi connectivity index (χ1v) is 9.32. The van der Waals surface area contributed by atoms with Gasteiger partial charge in [0.05, 0.1) is 6.20 Å². The molecular formula is C12H21N3O2S2. The first-order valence-electron chi connectivity index (χ1n) is 6.49. The summed E-state index contributed by atoms with van der Waals surface area (Å²) in [6, 6.07) is 0. The summed E-state index contributed by atoms with van der Waals surface area (Å²) >= 11 is 1.77. The lowest BCUT2D eigenvalue weighted by molar-refractivity contribution is 0.463. The molecule has 1 N–H and O–H groups in total. The van der Waals surface area contributed by atoms with Crippen LogP contribution in [-0.2, 0) is 10.0 Å². The number of hydrogen-bond donors (Lipinski definition) is 1. The van der Waals surface area contributed by atoms with E-state index in [-0.39, 0.29) is 10.9 Å². The van der Waals surface area contributed by atoms with Gasteiger partial charge in [-0.2, -0.15) is 16.1 Å². The second-order valence-electron chi connectivity index (χ2n) is 5.26. The molecule has 1 atom stereocenters. The summed E-state index contributed by atoms with van der Waals surface area (Å²) in [5.41, 5.74) is 0. The number of aromatic nitrogens is 2. The number of nitrogens with zero attached hydrogens (tertiary/aromatic N) is 2. The van der Waals surface area contributed by atoms with Crippen molar-refractivity contribution in [1.82, 2.24) is 14.3 Å². The highest BCUT2D eigenvalue weighted by molar-refractivity contribution is 7.98. The van der Waals surface area contributed by atoms with Crippen LogP contribution in [0.15, 0.2) is 11.2 Å². The molecule has 108 valence electrons. The van der Waals surface area contributed by atoms with E-state index < -0.39 is 10.0 Å². The van der Waals surface area contributed by atoms with Gasteiger partial charge in [0.1, 0.15) is 5.82 Å². The van der Waals surface area contributed by atoms with Gasteiger partial charge in [-0.1, -0.05) is 13.8 Å². The zero-order chi connectivity index (χ0) is 14.0. The number of H-pyrrole nitrogens is 1. The van der Waals surface area contributed by atoms with E-state index in [0.29, 0.717) is 19.0 Å². The van der Waals surface area contributed by atoms with E-state index in [9.17, 15) is 8.42 Å². The minimum atomic E-state index is -3.40. The molecule has 1 aliphatic rings. The van der Waals surface area contributed by atoms with Gasteiger partial charge in [-0.15, -0.1) is 0 Å². The largest absolute Gasteiger partial charge is 0.332 e. The van der Waals surface area contributed by atoms with Gasteiger partial charge in [-0.3, -0.25) is 0 Å². The van der Waals surface area contributed by atoms with Gasteiger partial charge in [0.15, 0.2) is 5.03 Å². The highest BCUT2D eigenvalue weighted by Crippen LogP contribution is 2.25. The minimum Gasteiger partial charge on any atom is -0.332 e. The fraction of sp³-hybridized carbons (Fsp3) is 0.750. The maximum Gasteiger partial charge on any atom is 0.260 e. The van der Waals surface area contributed by atoms with Crippen LogP contribution in [0.1, 0.15) is 32.0 Å². The molecule has 19 heavy (non-hydrogen) atoms. The van der Waals surface area contributed by atoms with Gasteiger partial charge in [0.2, 0.25) is 0 Å². The maximum absolute atomic E-state index is 12.5. The van der Waals surface area contributed by atoms with Crippen LogP contribution in [-0.4, -0.2) is 47.8 Å². The van der Waals surface area contributed by atoms with Crippen LogP contribution >= 0.6 is 11.8 Å². The van der Waals surface area contributed by atoms with Crippen LogP contribution < -0.4 is 0 Å². The number of imidazole rings is 1. The van der Waals surface area contributed by atoms with Gasteiger partial charge >= 0.3 is 0 Å². The van der Waals surface area contributed by atoms with E-state index in [2.05, 4.69) is 16.2 Å². The van der Waals surface area contributed by atoms with Gasteiger partial charge < -0.3 is 4.98 Å². The quantitative estimate of drug-likeness (QED) is 0.902. The van der Waals surface area contributed by atoms with E-state index in [4.69, 9.17) is 0 Å². The van der Waals surface area contributed by atoms with E-state index >= 15 is 0 Å². The van der Waals surface area contributed by atoms with E-state index in [1.165, 1.54) is 6.20 Å². The smallest absolute Gasteiger partial charge is 0.260 e. The van der Waals surface area contributed by atoms with Gasteiger partial charge in [-0.05, 0) is 24.3 Å². The van der Waals surface area contributed by atoms with Crippen molar-refractivity contribution in [3.63, 3.8) is 0 Å². The second-order valence-corrected chi connectivity index (χ2v) is 8.08. The molecule has 0 aliphatic carbocycles. The summed E-state index contributed by atoms with van der Waals surface area (Å²) in [4.78, 5) is 7.07. The Balaban J connectivity index is 2.14. The van der Waals surface area contributed by atoms with Crippen LogP contribution in [0.5, 0.6) is 0 Å². The first kappa shape index (κ1) is 14.9. The fourth-order valence-corrected chi connectivity index (χ4v) is 4.46. The number of sulfonamides is 1. The highest BCUT2D eigenvalue weighted by atomic mass is 32.2. The molecule has 7 heteroatoms. The monoisotopic (exact) mass is 303 g/mol. The number of aromatic amines is 1. The predicted molar refractivity (Wildman–Crippen MR) is 77.9 cm³/mol. The molecule has 0 bridgehead atoms. The van der Waals surface area contributed by atoms with Crippen molar-refractivity contribution in [2.75, 3.05) is 25.1 Å². The molecule has 2 rings (SSSR count). The average molecular weight is 303 g/mol. The molecule has 0 radical (unpaired) electrons. The fourth-order valence-electron chi connectivity index (χ4n) is 2.27. The molecule has 0 spiro atoms. The summed E-state index contributed by atoms with van der Waals surface area (Å²) in [6.07, 6.45) is 4.44. The van der Waals surface area contributed by atoms with Crippen LogP contribution in [0.3, 0.4) is 0 Å². The molecular weight excluding hydrogens is 282 g/mol. The second kappa shape index (κ2) is 5.85. The molecule has 0 unspecified atom stereocenters. The Labute approximate surface area is 119 Å². The minimum absolute atomic E-state index is 0.201. The van der Waals surface area contributed by atoms with E-state index in [1.54, 1.807) is 16.1 Å². The Hall–Kier alpha value is -0.530. The number of nitrogens with one attached hydrogen (secondary N) is 1. The lowest BCUT2D eigenvalue weighted by Crippen LogP contribution is -2.29. The summed E-state index contributed by atoms with van der Waals surface area (Å²) in [5, 5.41) is 0.223. The van der Waals surface area contributed by atoms with Crippen molar-refractivity contribution in [2.24, 2.45) is 5.92 Å². The highest BCUT2D eigenvalue weighted by Gasteiger charge is 2.33. The Morgan fingerprint density at radius 2 is 2.32 bits per heavy atom. The van der Waals surface area contributed by atoms with E-state index in [1.807, 2.05) is 13.8 Å². The molecule has 0 saturated carbocycles. The third-order valence-corrected chi connectivity index (χ3v) is 5.97. The van der Waals surface area contributed by atoms with Gasteiger partial charge in [-0.25, -0.2) is 13.4 Å². The van der Waals surface area contributed by atoms with Crippen molar-refractivity contribution in [3.05, 3.63) is 12.0 Å². The summed E-state index contributed by atoms with van der Waals surface area (Å²) in [6.45, 7) is 5.21. The lowest BCUT2D eigenvalue weighted by Gasteiger charge is -2.15. The Kier molecular flexibility index (Phi) is 4.58. The lowest BCUT2D eigenvalue weighted by atomic mass is 10.2. The molecule has 1 aliphatic heterocycles. The van der Waals surface area contributed by atoms with Crippen molar-refractivity contribution in [3.8, 4) is 0 Å². The standard InChI is InChI=1S/C12H21N3O2S2/c1-9(2)12-13-6-11(14-12)19(16,17)15-5-4-10(7-15)8-18-3/h6,9-10H,4-5,7-8H2,1-3H3,(H,13,14)/t10-/m0/s1. The van der Waals surface area contributed by atoms with Crippen LogP contribution in [0.25, 0.3) is 0 Å². The molecule has 1 fully saturated rings. The summed E-state index contributed by atoms with van der Waals surface area (Å²) in [5.74, 6) is 2.41. The van der Waals surface area contributed by atoms with Crippen molar-refractivity contribution < 1.29 is 8.42 Å². The predicted octanol–water partition coefficient (Wildman–Crippen LogP) is 1.91. The molecule has 1 aromatic heterocycles. The van der Waals surface area contributed by atoms with Gasteiger partial charge in [0, 0.05) is 19.0 Å². The normalized spacial score (nSPS) is 21.4. The third-order valence-electron chi connectivity index (χ3n) is 3.39. The van der Waals surface area contributed by atoms with Crippen LogP contribution in [0.4, 0.5) is 0 Å². The Bertz CT molecular complexity index is 525. The molecule has 1 aromatic rings. The molecule has 0 aromatic carbocycles. The summed E-state index contributed by atoms with van der Waals surface area (Å²) < 4.78 is 26.5. The topological polar surface area (TPSA) is 66.1 Å². The zero-order valence-corrected chi connectivity index (χ0v) is 13.2. The maximum atomic E-state index is 12.5. The zero-order valence-electron chi connectivity index (χ0n) is 11.6. The molecule has 2 heterocycles. The third kappa shape index (κ3) is 3.14. The summed E-state index contributed by atoms with van der Waals surface area (Å²) in [7, 11) is -3.40. The average Bonchev–Trinajstić information content (AvgIpc) is 2.98. The van der Waals surface area contributed by atoms with Gasteiger partial charge in [0.25, 0.3) is 10.0 Å².